The van der Waals surface area contributed by atoms with E-state index >= 15 is 0 Å². The molecule has 1 aromatic carbocycles. The molecule has 0 aliphatic heterocycles. The van der Waals surface area contributed by atoms with Crippen LogP contribution >= 0.6 is 0 Å². The number of hydrogen-bond acceptors (Lipinski definition) is 3. The SMILES string of the molecule is O=C(Nc1ccc(C#CCO)cc1)c1cccnc1. The quantitative estimate of drug-likeness (QED) is 0.799. The largest absolute Gasteiger partial charge is 0.384 e. The number of rotatable bonds is 2. The number of hydrogen-bond donors (Lipinski definition) is 2. The third kappa shape index (κ3) is 3.66. The van der Waals surface area contributed by atoms with Crippen molar-refractivity contribution in [1.29, 1.82) is 0 Å². The second-order valence-electron chi connectivity index (χ2n) is 3.73. The zero-order valence-electron chi connectivity index (χ0n) is 10.1. The molecular weight excluding hydrogens is 240 g/mol. The number of pyridine rings is 1. The Hall–Kier alpha value is -2.64. The summed E-state index contributed by atoms with van der Waals surface area (Å²) in [5.41, 5.74) is 1.98. The van der Waals surface area contributed by atoms with Crippen molar-refractivity contribution in [3.8, 4) is 11.8 Å². The molecule has 2 aromatic rings. The van der Waals surface area contributed by atoms with Gasteiger partial charge in [-0.1, -0.05) is 11.8 Å². The predicted molar refractivity (Wildman–Crippen MR) is 72.6 cm³/mol. The van der Waals surface area contributed by atoms with E-state index in [-0.39, 0.29) is 12.5 Å². The summed E-state index contributed by atoms with van der Waals surface area (Å²) >= 11 is 0. The van der Waals surface area contributed by atoms with Gasteiger partial charge in [0.15, 0.2) is 0 Å². The number of nitrogens with zero attached hydrogens (tertiary/aromatic N) is 1. The number of amides is 1. The Balaban J connectivity index is 2.06. The van der Waals surface area contributed by atoms with Crippen LogP contribution in [0.1, 0.15) is 15.9 Å². The molecule has 19 heavy (non-hydrogen) atoms. The number of benzene rings is 1. The molecule has 0 saturated heterocycles. The molecule has 0 unspecified atom stereocenters. The van der Waals surface area contributed by atoms with Gasteiger partial charge in [0.1, 0.15) is 6.61 Å². The summed E-state index contributed by atoms with van der Waals surface area (Å²) < 4.78 is 0. The summed E-state index contributed by atoms with van der Waals surface area (Å²) in [5.74, 6) is 5.14. The molecule has 0 bridgehead atoms. The molecule has 0 radical (unpaired) electrons. The molecule has 2 N–H and O–H groups in total. The van der Waals surface area contributed by atoms with Crippen LogP contribution < -0.4 is 5.32 Å². The summed E-state index contributed by atoms with van der Waals surface area (Å²) in [6.45, 7) is -0.167. The maximum atomic E-state index is 11.9. The second kappa shape index (κ2) is 6.34. The standard InChI is InChI=1S/C15H12N2O2/c18-10-2-3-12-5-7-14(8-6-12)17-15(19)13-4-1-9-16-11-13/h1,4-9,11,18H,10H2,(H,17,19). The topological polar surface area (TPSA) is 62.2 Å². The molecule has 0 aliphatic carbocycles. The van der Waals surface area contributed by atoms with Crippen molar-refractivity contribution < 1.29 is 9.90 Å². The van der Waals surface area contributed by atoms with Gasteiger partial charge in [0.2, 0.25) is 0 Å². The Morgan fingerprint density at radius 3 is 2.68 bits per heavy atom. The van der Waals surface area contributed by atoms with Crippen molar-refractivity contribution in [3.05, 3.63) is 59.9 Å². The fourth-order valence-electron chi connectivity index (χ4n) is 1.48. The summed E-state index contributed by atoms with van der Waals surface area (Å²) in [4.78, 5) is 15.8. The molecule has 4 heteroatoms. The molecule has 4 nitrogen and oxygen atoms in total. The first kappa shape index (κ1) is 12.8. The molecule has 0 fully saturated rings. The highest BCUT2D eigenvalue weighted by Gasteiger charge is 2.04. The lowest BCUT2D eigenvalue weighted by atomic mass is 10.2. The highest BCUT2D eigenvalue weighted by molar-refractivity contribution is 6.04. The van der Waals surface area contributed by atoms with Gasteiger partial charge in [-0.05, 0) is 36.4 Å². The number of carbonyl (C=O) groups is 1. The van der Waals surface area contributed by atoms with E-state index in [2.05, 4.69) is 22.1 Å². The smallest absolute Gasteiger partial charge is 0.257 e. The Labute approximate surface area is 111 Å². The number of carbonyl (C=O) groups excluding carboxylic acids is 1. The van der Waals surface area contributed by atoms with Crippen LogP contribution in [0.4, 0.5) is 5.69 Å². The maximum absolute atomic E-state index is 11.9. The van der Waals surface area contributed by atoms with Crippen molar-refractivity contribution in [2.45, 2.75) is 0 Å². The van der Waals surface area contributed by atoms with Crippen LogP contribution in [0.25, 0.3) is 0 Å². The minimum Gasteiger partial charge on any atom is -0.384 e. The normalized spacial score (nSPS) is 9.32. The van der Waals surface area contributed by atoms with E-state index in [1.807, 2.05) is 0 Å². The molecule has 0 spiro atoms. The van der Waals surface area contributed by atoms with Crippen LogP contribution in [0, 0.1) is 11.8 Å². The lowest BCUT2D eigenvalue weighted by molar-refractivity contribution is 0.102. The first-order valence-corrected chi connectivity index (χ1v) is 5.71. The molecular formula is C15H12N2O2. The van der Waals surface area contributed by atoms with Gasteiger partial charge in [0.25, 0.3) is 5.91 Å². The van der Waals surface area contributed by atoms with E-state index in [9.17, 15) is 4.79 Å². The molecule has 94 valence electrons. The van der Waals surface area contributed by atoms with E-state index in [0.717, 1.165) is 5.56 Å². The van der Waals surface area contributed by atoms with Crippen LogP contribution in [0.2, 0.25) is 0 Å². The molecule has 0 aliphatic rings. The lowest BCUT2D eigenvalue weighted by Crippen LogP contribution is -2.11. The number of aliphatic hydroxyl groups excluding tert-OH is 1. The van der Waals surface area contributed by atoms with Crippen molar-refractivity contribution in [3.63, 3.8) is 0 Å². The van der Waals surface area contributed by atoms with Crippen molar-refractivity contribution in [1.82, 2.24) is 4.98 Å². The van der Waals surface area contributed by atoms with Crippen LogP contribution in [0.15, 0.2) is 48.8 Å². The second-order valence-corrected chi connectivity index (χ2v) is 3.73. The fourth-order valence-corrected chi connectivity index (χ4v) is 1.48. The van der Waals surface area contributed by atoms with Gasteiger partial charge in [0.05, 0.1) is 5.56 Å². The highest BCUT2D eigenvalue weighted by Crippen LogP contribution is 2.10. The van der Waals surface area contributed by atoms with Gasteiger partial charge in [-0.25, -0.2) is 0 Å². The van der Waals surface area contributed by atoms with Gasteiger partial charge < -0.3 is 10.4 Å². The van der Waals surface area contributed by atoms with Gasteiger partial charge >= 0.3 is 0 Å². The van der Waals surface area contributed by atoms with Crippen molar-refractivity contribution in [2.24, 2.45) is 0 Å². The number of aliphatic hydroxyl groups is 1. The Bertz CT molecular complexity index is 610. The lowest BCUT2D eigenvalue weighted by Gasteiger charge is -2.04. The predicted octanol–water partition coefficient (Wildman–Crippen LogP) is 1.68. The molecule has 1 aromatic heterocycles. The molecule has 0 atom stereocenters. The maximum Gasteiger partial charge on any atom is 0.257 e. The van der Waals surface area contributed by atoms with Crippen molar-refractivity contribution >= 4 is 11.6 Å². The summed E-state index contributed by atoms with van der Waals surface area (Å²) in [7, 11) is 0. The number of aromatic nitrogens is 1. The Morgan fingerprint density at radius 2 is 2.05 bits per heavy atom. The monoisotopic (exact) mass is 252 g/mol. The van der Waals surface area contributed by atoms with Gasteiger partial charge in [-0.2, -0.15) is 0 Å². The van der Waals surface area contributed by atoms with Gasteiger partial charge in [0, 0.05) is 23.6 Å². The van der Waals surface area contributed by atoms with Crippen molar-refractivity contribution in [2.75, 3.05) is 11.9 Å². The average Bonchev–Trinajstić information content (AvgIpc) is 2.47. The summed E-state index contributed by atoms with van der Waals surface area (Å²) in [6, 6.07) is 10.5. The molecule has 0 saturated carbocycles. The number of anilines is 1. The molecule has 1 heterocycles. The van der Waals surface area contributed by atoms with E-state index in [4.69, 9.17) is 5.11 Å². The molecule has 1 amide bonds. The van der Waals surface area contributed by atoms with Crippen LogP contribution in [-0.4, -0.2) is 22.6 Å². The summed E-state index contributed by atoms with van der Waals surface area (Å²) in [5, 5.41) is 11.4. The Kier molecular flexibility index (Phi) is 4.27. The first-order valence-electron chi connectivity index (χ1n) is 5.71. The number of nitrogens with one attached hydrogen (secondary N) is 1. The minimum absolute atomic E-state index is 0.167. The Morgan fingerprint density at radius 1 is 1.26 bits per heavy atom. The average molecular weight is 252 g/mol. The van der Waals surface area contributed by atoms with E-state index in [0.29, 0.717) is 11.3 Å². The van der Waals surface area contributed by atoms with Crippen LogP contribution in [0.3, 0.4) is 0 Å². The van der Waals surface area contributed by atoms with E-state index in [1.54, 1.807) is 42.6 Å². The highest BCUT2D eigenvalue weighted by atomic mass is 16.2. The van der Waals surface area contributed by atoms with Gasteiger partial charge in [-0.15, -0.1) is 0 Å². The van der Waals surface area contributed by atoms with Crippen LogP contribution in [0.5, 0.6) is 0 Å². The fraction of sp³-hybridized carbons (Fsp3) is 0.0667. The third-order valence-corrected chi connectivity index (χ3v) is 2.38. The van der Waals surface area contributed by atoms with Gasteiger partial charge in [-0.3, -0.25) is 9.78 Å². The van der Waals surface area contributed by atoms with E-state index < -0.39 is 0 Å². The summed E-state index contributed by atoms with van der Waals surface area (Å²) in [6.07, 6.45) is 3.13. The molecule has 2 rings (SSSR count). The van der Waals surface area contributed by atoms with E-state index in [1.165, 1.54) is 6.20 Å². The zero-order valence-corrected chi connectivity index (χ0v) is 10.1. The minimum atomic E-state index is -0.206. The van der Waals surface area contributed by atoms with Crippen LogP contribution in [-0.2, 0) is 0 Å². The third-order valence-electron chi connectivity index (χ3n) is 2.38. The zero-order chi connectivity index (χ0) is 13.5. The first-order chi connectivity index (χ1) is 9.29.